The van der Waals surface area contributed by atoms with Gasteiger partial charge in [-0.15, -0.1) is 0 Å². The van der Waals surface area contributed by atoms with Crippen LogP contribution in [0.25, 0.3) is 0 Å². The summed E-state index contributed by atoms with van der Waals surface area (Å²) in [5, 5.41) is 3.20. The standard InChI is InChI=1S/C22H27N3O5/c1-14-16(20(27-2)25-21(23-14)28-3)12-19(26)24-17-13-22(8-10-29-11-9-22)30-18-7-5-4-6-15(17)18/h4-7,17H,8-13H2,1-3H3,(H,24,26)/t17-/m0/s1. The Labute approximate surface area is 175 Å². The first-order valence-corrected chi connectivity index (χ1v) is 10.1. The molecule has 1 saturated heterocycles. The van der Waals surface area contributed by atoms with Gasteiger partial charge in [0.05, 0.1) is 45.6 Å². The number of carbonyl (C=O) groups excluding carboxylic acids is 1. The molecule has 1 atom stereocenters. The molecule has 1 fully saturated rings. The second kappa shape index (κ2) is 8.47. The van der Waals surface area contributed by atoms with E-state index in [1.165, 1.54) is 14.2 Å². The van der Waals surface area contributed by atoms with Crippen LogP contribution in [-0.4, -0.2) is 48.9 Å². The molecule has 0 unspecified atom stereocenters. The molecule has 0 bridgehead atoms. The number of carbonyl (C=O) groups is 1. The zero-order valence-electron chi connectivity index (χ0n) is 17.6. The SMILES string of the molecule is COc1nc(C)c(CC(=O)N[C@H]2CC3(CCOCC3)Oc3ccccc32)c(OC)n1. The average Bonchev–Trinajstić information content (AvgIpc) is 2.75. The molecule has 1 aromatic heterocycles. The molecule has 3 heterocycles. The van der Waals surface area contributed by atoms with Crippen molar-refractivity contribution in [1.82, 2.24) is 15.3 Å². The molecular formula is C22H27N3O5. The van der Waals surface area contributed by atoms with Crippen molar-refractivity contribution in [2.24, 2.45) is 0 Å². The van der Waals surface area contributed by atoms with Crippen LogP contribution >= 0.6 is 0 Å². The fourth-order valence-corrected chi connectivity index (χ4v) is 4.21. The van der Waals surface area contributed by atoms with Gasteiger partial charge in [0.1, 0.15) is 11.4 Å². The summed E-state index contributed by atoms with van der Waals surface area (Å²) in [6.45, 7) is 3.15. The maximum Gasteiger partial charge on any atom is 0.319 e. The molecule has 30 heavy (non-hydrogen) atoms. The van der Waals surface area contributed by atoms with E-state index < -0.39 is 0 Å². The van der Waals surface area contributed by atoms with E-state index in [-0.39, 0.29) is 30.0 Å². The van der Waals surface area contributed by atoms with Gasteiger partial charge in [0.15, 0.2) is 0 Å². The van der Waals surface area contributed by atoms with Gasteiger partial charge < -0.3 is 24.3 Å². The van der Waals surface area contributed by atoms with Crippen LogP contribution in [0, 0.1) is 6.92 Å². The van der Waals surface area contributed by atoms with Crippen LogP contribution in [0.3, 0.4) is 0 Å². The molecule has 1 amide bonds. The number of hydrogen-bond acceptors (Lipinski definition) is 7. The minimum absolute atomic E-state index is 0.117. The van der Waals surface area contributed by atoms with E-state index in [1.807, 2.05) is 31.2 Å². The average molecular weight is 413 g/mol. The van der Waals surface area contributed by atoms with E-state index in [9.17, 15) is 4.79 Å². The highest BCUT2D eigenvalue weighted by Crippen LogP contribution is 2.43. The number of hydrogen-bond donors (Lipinski definition) is 1. The van der Waals surface area contributed by atoms with Gasteiger partial charge in [-0.3, -0.25) is 4.79 Å². The first kappa shape index (κ1) is 20.4. The lowest BCUT2D eigenvalue weighted by Crippen LogP contribution is -2.48. The summed E-state index contributed by atoms with van der Waals surface area (Å²) in [7, 11) is 3.02. The molecule has 4 rings (SSSR count). The Morgan fingerprint density at radius 3 is 2.70 bits per heavy atom. The van der Waals surface area contributed by atoms with E-state index in [4.69, 9.17) is 18.9 Å². The summed E-state index contributed by atoms with van der Waals surface area (Å²) in [5.41, 5.74) is 2.00. The summed E-state index contributed by atoms with van der Waals surface area (Å²) in [5.74, 6) is 1.06. The van der Waals surface area contributed by atoms with Gasteiger partial charge in [-0.2, -0.15) is 4.98 Å². The van der Waals surface area contributed by atoms with Crippen LogP contribution in [0.4, 0.5) is 0 Å². The molecule has 1 spiro atoms. The van der Waals surface area contributed by atoms with Gasteiger partial charge in [0, 0.05) is 30.4 Å². The predicted octanol–water partition coefficient (Wildman–Crippen LogP) is 2.53. The highest BCUT2D eigenvalue weighted by Gasteiger charge is 2.42. The molecule has 1 aromatic carbocycles. The summed E-state index contributed by atoms with van der Waals surface area (Å²) in [4.78, 5) is 21.5. The highest BCUT2D eigenvalue weighted by molar-refractivity contribution is 5.80. The Kier molecular flexibility index (Phi) is 5.76. The first-order valence-electron chi connectivity index (χ1n) is 10.1. The molecule has 2 aromatic rings. The Bertz CT molecular complexity index is 927. The lowest BCUT2D eigenvalue weighted by molar-refractivity contribution is -0.122. The normalized spacial score (nSPS) is 19.5. The molecule has 1 N–H and O–H groups in total. The number of nitrogens with one attached hydrogen (secondary N) is 1. The third-order valence-electron chi connectivity index (χ3n) is 5.80. The third-order valence-corrected chi connectivity index (χ3v) is 5.80. The van der Waals surface area contributed by atoms with Crippen molar-refractivity contribution in [1.29, 1.82) is 0 Å². The van der Waals surface area contributed by atoms with Gasteiger partial charge in [-0.25, -0.2) is 4.98 Å². The largest absolute Gasteiger partial charge is 0.487 e. The fourth-order valence-electron chi connectivity index (χ4n) is 4.21. The smallest absolute Gasteiger partial charge is 0.319 e. The van der Waals surface area contributed by atoms with Gasteiger partial charge >= 0.3 is 6.01 Å². The van der Waals surface area contributed by atoms with E-state index in [1.54, 1.807) is 0 Å². The van der Waals surface area contributed by atoms with Crippen molar-refractivity contribution in [2.75, 3.05) is 27.4 Å². The Hall–Kier alpha value is -2.87. The molecule has 160 valence electrons. The van der Waals surface area contributed by atoms with Crippen molar-refractivity contribution < 1.29 is 23.7 Å². The van der Waals surface area contributed by atoms with Crippen LogP contribution in [0.2, 0.25) is 0 Å². The molecular weight excluding hydrogens is 386 g/mol. The summed E-state index contributed by atoms with van der Waals surface area (Å²) in [6, 6.07) is 7.98. The Morgan fingerprint density at radius 2 is 1.97 bits per heavy atom. The topological polar surface area (TPSA) is 91.8 Å². The van der Waals surface area contributed by atoms with E-state index >= 15 is 0 Å². The first-order chi connectivity index (χ1) is 14.5. The number of ether oxygens (including phenoxy) is 4. The van der Waals surface area contributed by atoms with Crippen molar-refractivity contribution >= 4 is 5.91 Å². The minimum atomic E-state index is -0.304. The monoisotopic (exact) mass is 413 g/mol. The number of benzene rings is 1. The second-order valence-corrected chi connectivity index (χ2v) is 7.72. The Morgan fingerprint density at radius 1 is 1.20 bits per heavy atom. The van der Waals surface area contributed by atoms with Crippen LogP contribution in [0.15, 0.2) is 24.3 Å². The van der Waals surface area contributed by atoms with Crippen LogP contribution < -0.4 is 19.5 Å². The fraction of sp³-hybridized carbons (Fsp3) is 0.500. The number of methoxy groups -OCH3 is 2. The number of aryl methyl sites for hydroxylation is 1. The molecule has 8 nitrogen and oxygen atoms in total. The summed E-state index contributed by atoms with van der Waals surface area (Å²) >= 11 is 0. The zero-order chi connectivity index (χ0) is 21.1. The van der Waals surface area contributed by atoms with Crippen molar-refractivity contribution in [3.8, 4) is 17.6 Å². The quantitative estimate of drug-likeness (QED) is 0.805. The minimum Gasteiger partial charge on any atom is -0.487 e. The summed E-state index contributed by atoms with van der Waals surface area (Å²) < 4.78 is 22.4. The molecule has 0 aliphatic carbocycles. The maximum absolute atomic E-state index is 13.0. The Balaban J connectivity index is 1.55. The predicted molar refractivity (Wildman–Crippen MR) is 109 cm³/mol. The van der Waals surface area contributed by atoms with E-state index in [0.717, 1.165) is 24.2 Å². The van der Waals surface area contributed by atoms with Crippen molar-refractivity contribution in [3.05, 3.63) is 41.1 Å². The van der Waals surface area contributed by atoms with Crippen molar-refractivity contribution in [2.45, 2.75) is 44.2 Å². The second-order valence-electron chi connectivity index (χ2n) is 7.72. The van der Waals surface area contributed by atoms with Gasteiger partial charge in [-0.05, 0) is 13.0 Å². The van der Waals surface area contributed by atoms with Crippen LogP contribution in [-0.2, 0) is 16.0 Å². The number of para-hydroxylation sites is 1. The molecule has 8 heteroatoms. The number of fused-ring (bicyclic) bond motifs is 1. The third kappa shape index (κ3) is 4.05. The van der Waals surface area contributed by atoms with Crippen molar-refractivity contribution in [3.63, 3.8) is 0 Å². The van der Waals surface area contributed by atoms with E-state index in [0.29, 0.717) is 36.8 Å². The molecule has 2 aliphatic heterocycles. The number of aromatic nitrogens is 2. The van der Waals surface area contributed by atoms with Crippen LogP contribution in [0.1, 0.15) is 42.1 Å². The summed E-state index contributed by atoms with van der Waals surface area (Å²) in [6.07, 6.45) is 2.46. The van der Waals surface area contributed by atoms with Gasteiger partial charge in [0.25, 0.3) is 0 Å². The lowest BCUT2D eigenvalue weighted by Gasteiger charge is -2.44. The molecule has 2 aliphatic rings. The van der Waals surface area contributed by atoms with E-state index in [2.05, 4.69) is 15.3 Å². The van der Waals surface area contributed by atoms with Crippen LogP contribution in [0.5, 0.6) is 17.6 Å². The highest BCUT2D eigenvalue weighted by atomic mass is 16.5. The molecule has 0 saturated carbocycles. The maximum atomic E-state index is 13.0. The van der Waals surface area contributed by atoms with Gasteiger partial charge in [0.2, 0.25) is 11.8 Å². The van der Waals surface area contributed by atoms with Gasteiger partial charge in [-0.1, -0.05) is 18.2 Å². The number of nitrogens with zero attached hydrogens (tertiary/aromatic N) is 2. The zero-order valence-corrected chi connectivity index (χ0v) is 17.6. The molecule has 0 radical (unpaired) electrons. The number of amides is 1. The lowest BCUT2D eigenvalue weighted by atomic mass is 9.82. The number of rotatable bonds is 5.